The summed E-state index contributed by atoms with van der Waals surface area (Å²) < 4.78 is 18.1. The molecule has 25 heavy (non-hydrogen) atoms. The van der Waals surface area contributed by atoms with Crippen molar-refractivity contribution in [2.75, 3.05) is 19.8 Å². The molecule has 1 aliphatic rings. The number of amides is 1. The van der Waals surface area contributed by atoms with Gasteiger partial charge in [-0.3, -0.25) is 4.79 Å². The molecule has 9 heteroatoms. The molecule has 134 valence electrons. The first kappa shape index (κ1) is 17.2. The Bertz CT molecular complexity index is 711. The summed E-state index contributed by atoms with van der Waals surface area (Å²) in [6.07, 6.45) is 5.23. The Morgan fingerprint density at radius 2 is 2.32 bits per heavy atom. The number of aliphatic carboxylic acids is 1. The minimum atomic E-state index is -1.05. The van der Waals surface area contributed by atoms with Gasteiger partial charge in [0.25, 0.3) is 5.91 Å². The van der Waals surface area contributed by atoms with Crippen molar-refractivity contribution in [1.29, 1.82) is 0 Å². The molecule has 2 N–H and O–H groups in total. The highest BCUT2D eigenvalue weighted by molar-refractivity contribution is 5.91. The largest absolute Gasteiger partial charge is 0.480 e. The van der Waals surface area contributed by atoms with Gasteiger partial charge in [-0.25, -0.2) is 9.78 Å². The second kappa shape index (κ2) is 7.95. The summed E-state index contributed by atoms with van der Waals surface area (Å²) in [6, 6.07) is 2.89. The van der Waals surface area contributed by atoms with Gasteiger partial charge in [0.1, 0.15) is 12.4 Å². The molecule has 0 aromatic carbocycles. The molecule has 0 saturated carbocycles. The molecule has 3 rings (SSSR count). The zero-order valence-corrected chi connectivity index (χ0v) is 13.5. The molecule has 0 aliphatic carbocycles. The third kappa shape index (κ3) is 4.68. The van der Waals surface area contributed by atoms with Crippen LogP contribution in [0.2, 0.25) is 0 Å². The van der Waals surface area contributed by atoms with Gasteiger partial charge in [0.2, 0.25) is 0 Å². The van der Waals surface area contributed by atoms with Crippen molar-refractivity contribution in [2.45, 2.75) is 25.1 Å². The van der Waals surface area contributed by atoms with Gasteiger partial charge < -0.3 is 28.9 Å². The van der Waals surface area contributed by atoms with E-state index >= 15 is 0 Å². The predicted octanol–water partition coefficient (Wildman–Crippen LogP) is 0.513. The van der Waals surface area contributed by atoms with E-state index in [1.54, 1.807) is 30.9 Å². The first-order chi connectivity index (χ1) is 12.1. The lowest BCUT2D eigenvalue weighted by molar-refractivity contribution is -0.147. The van der Waals surface area contributed by atoms with Gasteiger partial charge in [0, 0.05) is 19.0 Å². The summed E-state index contributed by atoms with van der Waals surface area (Å²) in [5.74, 6) is -0.637. The predicted molar refractivity (Wildman–Crippen MR) is 84.1 cm³/mol. The van der Waals surface area contributed by atoms with Gasteiger partial charge >= 0.3 is 5.97 Å². The molecular weight excluding hydrogens is 330 g/mol. The van der Waals surface area contributed by atoms with Crippen LogP contribution < -0.4 is 5.32 Å². The Balaban J connectivity index is 1.58. The number of carbonyl (C=O) groups is 2. The molecule has 3 heterocycles. The lowest BCUT2D eigenvalue weighted by Crippen LogP contribution is -2.50. The molecular formula is C16H19N3O6. The summed E-state index contributed by atoms with van der Waals surface area (Å²) in [5, 5.41) is 11.5. The number of aromatic nitrogens is 2. The molecule has 1 amide bonds. The van der Waals surface area contributed by atoms with E-state index in [-0.39, 0.29) is 12.4 Å². The van der Waals surface area contributed by atoms with Crippen molar-refractivity contribution >= 4 is 11.9 Å². The van der Waals surface area contributed by atoms with E-state index in [9.17, 15) is 9.59 Å². The van der Waals surface area contributed by atoms with E-state index in [0.29, 0.717) is 25.3 Å². The van der Waals surface area contributed by atoms with Crippen LogP contribution in [0, 0.1) is 0 Å². The Labute approximate surface area is 143 Å². The molecule has 1 fully saturated rings. The number of carboxylic acid groups (broad SMARTS) is 1. The first-order valence-corrected chi connectivity index (χ1v) is 7.88. The number of furan rings is 1. The minimum Gasteiger partial charge on any atom is -0.480 e. The Kier molecular flexibility index (Phi) is 5.46. The van der Waals surface area contributed by atoms with Crippen LogP contribution >= 0.6 is 0 Å². The van der Waals surface area contributed by atoms with Gasteiger partial charge in [-0.05, 0) is 18.6 Å². The third-order valence-electron chi connectivity index (χ3n) is 3.81. The maximum absolute atomic E-state index is 12.4. The van der Waals surface area contributed by atoms with Crippen LogP contribution in [0.4, 0.5) is 0 Å². The summed E-state index contributed by atoms with van der Waals surface area (Å²) in [5.41, 5.74) is 0. The Hall–Kier alpha value is -2.65. The zero-order chi connectivity index (χ0) is 17.6. The highest BCUT2D eigenvalue weighted by Crippen LogP contribution is 2.14. The molecule has 0 radical (unpaired) electrons. The minimum absolute atomic E-state index is 0.178. The number of hydrogen-bond acceptors (Lipinski definition) is 6. The summed E-state index contributed by atoms with van der Waals surface area (Å²) >= 11 is 0. The topological polar surface area (TPSA) is 116 Å². The zero-order valence-electron chi connectivity index (χ0n) is 13.5. The second-order valence-corrected chi connectivity index (χ2v) is 5.69. The molecule has 0 spiro atoms. The quantitative estimate of drug-likeness (QED) is 0.748. The van der Waals surface area contributed by atoms with Crippen LogP contribution in [0.5, 0.6) is 0 Å². The van der Waals surface area contributed by atoms with E-state index < -0.39 is 30.6 Å². The number of carboxylic acids is 1. The number of imidazole rings is 1. The van der Waals surface area contributed by atoms with Crippen LogP contribution in [-0.4, -0.2) is 58.5 Å². The van der Waals surface area contributed by atoms with Crippen LogP contribution in [0.15, 0.2) is 35.3 Å². The fraction of sp³-hybridized carbons (Fsp3) is 0.438. The first-order valence-electron chi connectivity index (χ1n) is 7.88. The molecule has 9 nitrogen and oxygen atoms in total. The standard InChI is InChI=1S/C16H19N3O6/c20-15(21)9-24-13-3-6-23-8-12(13)18-16(22)14-2-1-11(25-14)7-19-5-4-17-10-19/h1-2,4-5,10,12-13H,3,6-9H2,(H,18,22)(H,20,21)/t12-,13+/m1/s1. The van der Waals surface area contributed by atoms with Crippen LogP contribution in [0.3, 0.4) is 0 Å². The lowest BCUT2D eigenvalue weighted by Gasteiger charge is -2.31. The highest BCUT2D eigenvalue weighted by Gasteiger charge is 2.29. The maximum atomic E-state index is 12.4. The van der Waals surface area contributed by atoms with Gasteiger partial charge in [-0.2, -0.15) is 0 Å². The smallest absolute Gasteiger partial charge is 0.329 e. The summed E-state index contributed by atoms with van der Waals surface area (Å²) in [7, 11) is 0. The molecule has 2 atom stereocenters. The number of ether oxygens (including phenoxy) is 2. The lowest BCUT2D eigenvalue weighted by atomic mass is 10.1. The van der Waals surface area contributed by atoms with Crippen molar-refractivity contribution in [2.24, 2.45) is 0 Å². The number of nitrogens with zero attached hydrogens (tertiary/aromatic N) is 2. The normalized spacial score (nSPS) is 20.3. The number of nitrogens with one attached hydrogen (secondary N) is 1. The van der Waals surface area contributed by atoms with E-state index in [1.165, 1.54) is 0 Å². The average Bonchev–Trinajstić information content (AvgIpc) is 3.26. The summed E-state index contributed by atoms with van der Waals surface area (Å²) in [6.45, 7) is 0.794. The Morgan fingerprint density at radius 1 is 1.44 bits per heavy atom. The third-order valence-corrected chi connectivity index (χ3v) is 3.81. The number of rotatable bonds is 7. The van der Waals surface area contributed by atoms with Gasteiger partial charge in [-0.15, -0.1) is 0 Å². The van der Waals surface area contributed by atoms with E-state index in [0.717, 1.165) is 0 Å². The number of carbonyl (C=O) groups excluding carboxylic acids is 1. The van der Waals surface area contributed by atoms with E-state index in [2.05, 4.69) is 10.3 Å². The molecule has 0 unspecified atom stereocenters. The number of hydrogen-bond donors (Lipinski definition) is 2. The molecule has 2 aromatic rings. The SMILES string of the molecule is O=C(O)CO[C@H]1CCOC[C@H]1NC(=O)c1ccc(Cn2ccnc2)o1. The summed E-state index contributed by atoms with van der Waals surface area (Å²) in [4.78, 5) is 27.0. The van der Waals surface area contributed by atoms with E-state index in [1.807, 2.05) is 4.57 Å². The van der Waals surface area contributed by atoms with Crippen LogP contribution in [0.1, 0.15) is 22.7 Å². The van der Waals surface area contributed by atoms with Crippen molar-refractivity contribution in [1.82, 2.24) is 14.9 Å². The van der Waals surface area contributed by atoms with Gasteiger partial charge in [0.05, 0.1) is 31.6 Å². The van der Waals surface area contributed by atoms with Gasteiger partial charge in [-0.1, -0.05) is 0 Å². The van der Waals surface area contributed by atoms with Crippen LogP contribution in [0.25, 0.3) is 0 Å². The molecule has 2 aromatic heterocycles. The van der Waals surface area contributed by atoms with E-state index in [4.69, 9.17) is 19.0 Å². The molecule has 1 aliphatic heterocycles. The molecule has 1 saturated heterocycles. The van der Waals surface area contributed by atoms with Crippen LogP contribution in [-0.2, 0) is 20.8 Å². The van der Waals surface area contributed by atoms with Crippen molar-refractivity contribution < 1.29 is 28.6 Å². The fourth-order valence-corrected chi connectivity index (χ4v) is 2.62. The molecule has 0 bridgehead atoms. The highest BCUT2D eigenvalue weighted by atomic mass is 16.5. The van der Waals surface area contributed by atoms with Crippen molar-refractivity contribution in [3.8, 4) is 0 Å². The fourth-order valence-electron chi connectivity index (χ4n) is 2.62. The van der Waals surface area contributed by atoms with Crippen molar-refractivity contribution in [3.63, 3.8) is 0 Å². The second-order valence-electron chi connectivity index (χ2n) is 5.69. The average molecular weight is 349 g/mol. The van der Waals surface area contributed by atoms with Crippen molar-refractivity contribution in [3.05, 3.63) is 42.4 Å². The Morgan fingerprint density at radius 3 is 3.08 bits per heavy atom. The monoisotopic (exact) mass is 349 g/mol. The maximum Gasteiger partial charge on any atom is 0.329 e. The van der Waals surface area contributed by atoms with Gasteiger partial charge in [0.15, 0.2) is 5.76 Å².